The number of nitrogens with zero attached hydrogens (tertiary/aromatic N) is 1. The van der Waals surface area contributed by atoms with Crippen LogP contribution in [0.3, 0.4) is 0 Å². The van der Waals surface area contributed by atoms with Gasteiger partial charge in [0.1, 0.15) is 15.1 Å². The Balaban J connectivity index is 0.000000956. The third-order valence-electron chi connectivity index (χ3n) is 3.66. The van der Waals surface area contributed by atoms with Crippen LogP contribution in [0.1, 0.15) is 12.5 Å². The maximum atomic E-state index is 11.5. The van der Waals surface area contributed by atoms with Crippen LogP contribution in [0, 0.1) is 0 Å². The number of hydrogen-bond acceptors (Lipinski definition) is 2. The number of aromatic nitrogens is 1. The number of halogens is 1. The number of carboxylic acids is 1. The zero-order valence-corrected chi connectivity index (χ0v) is 15.0. The number of hydrogen-bond donors (Lipinski definition) is 2. The van der Waals surface area contributed by atoms with E-state index >= 15 is 0 Å². The van der Waals surface area contributed by atoms with E-state index in [0.29, 0.717) is 6.42 Å². The quantitative estimate of drug-likeness (QED) is 0.666. The summed E-state index contributed by atoms with van der Waals surface area (Å²) in [4.78, 5) is 16.4. The van der Waals surface area contributed by atoms with Crippen molar-refractivity contribution in [3.8, 4) is 0 Å². The molecule has 0 saturated heterocycles. The molecule has 0 fully saturated rings. The van der Waals surface area contributed by atoms with Crippen molar-refractivity contribution in [3.05, 3.63) is 36.0 Å². The minimum atomic E-state index is -0.898. The van der Waals surface area contributed by atoms with Gasteiger partial charge in [-0.25, -0.2) is 0 Å². The van der Waals surface area contributed by atoms with Gasteiger partial charge in [0.05, 0.1) is 0 Å². The number of aliphatic carboxylic acids is 1. The van der Waals surface area contributed by atoms with Crippen LogP contribution in [0.4, 0.5) is 0 Å². The highest BCUT2D eigenvalue weighted by Crippen LogP contribution is 2.25. The van der Waals surface area contributed by atoms with Crippen LogP contribution in [0.2, 0.25) is 0 Å². The van der Waals surface area contributed by atoms with E-state index in [1.165, 1.54) is 0 Å². The monoisotopic (exact) mass is 312 g/mol. The summed E-state index contributed by atoms with van der Waals surface area (Å²) in [5.74, 6) is -0.808. The number of carbonyl (C=O) groups is 1. The van der Waals surface area contributed by atoms with Crippen molar-refractivity contribution in [2.75, 3.05) is 14.1 Å². The first-order valence-electron chi connectivity index (χ1n) is 6.29. The lowest BCUT2D eigenvalue weighted by Gasteiger charge is -2.31. The SMILES string of the molecule is CN(C)C(C)(Cc1c[nH]c2ccccc12)C(=O)O.[SiH3]Cl. The van der Waals surface area contributed by atoms with Crippen LogP contribution in [0.5, 0.6) is 0 Å². The molecule has 1 atom stereocenters. The zero-order chi connectivity index (χ0) is 15.3. The fourth-order valence-corrected chi connectivity index (χ4v) is 2.07. The third kappa shape index (κ3) is 3.23. The van der Waals surface area contributed by atoms with Crippen molar-refractivity contribution < 1.29 is 9.90 Å². The van der Waals surface area contributed by atoms with Gasteiger partial charge >= 0.3 is 5.97 Å². The first-order chi connectivity index (χ1) is 9.45. The Labute approximate surface area is 126 Å². The summed E-state index contributed by atoms with van der Waals surface area (Å²) in [5, 5.41) is 10.5. The Bertz CT molecular complexity index is 585. The number of rotatable bonds is 4. The van der Waals surface area contributed by atoms with Gasteiger partial charge in [-0.3, -0.25) is 9.69 Å². The number of likely N-dealkylation sites (N-methyl/N-ethyl adjacent to an activating group) is 1. The number of fused-ring (bicyclic) bond motifs is 1. The minimum Gasteiger partial charge on any atom is -0.480 e. The second-order valence-corrected chi connectivity index (χ2v) is 5.01. The molecular formula is C14H21ClN2O2Si. The summed E-state index contributed by atoms with van der Waals surface area (Å²) in [6.45, 7) is 1.75. The van der Waals surface area contributed by atoms with Crippen molar-refractivity contribution in [1.29, 1.82) is 0 Å². The molecule has 1 heterocycles. The summed E-state index contributed by atoms with van der Waals surface area (Å²) in [5.41, 5.74) is 1.17. The maximum absolute atomic E-state index is 11.5. The fourth-order valence-electron chi connectivity index (χ4n) is 2.07. The molecule has 2 N–H and O–H groups in total. The van der Waals surface area contributed by atoms with Crippen LogP contribution in [-0.4, -0.2) is 50.1 Å². The molecule has 2 aromatic rings. The van der Waals surface area contributed by atoms with Gasteiger partial charge in [-0.15, -0.1) is 0 Å². The molecule has 0 aliphatic heterocycles. The molecule has 110 valence electrons. The van der Waals surface area contributed by atoms with E-state index in [0.717, 1.165) is 26.0 Å². The molecule has 6 heteroatoms. The number of H-pyrrole nitrogens is 1. The van der Waals surface area contributed by atoms with E-state index in [1.807, 2.05) is 30.5 Å². The Morgan fingerprint density at radius 3 is 2.55 bits per heavy atom. The van der Waals surface area contributed by atoms with Gasteiger partial charge in [0, 0.05) is 23.5 Å². The normalized spacial score (nSPS) is 13.8. The van der Waals surface area contributed by atoms with Crippen LogP contribution in [0.25, 0.3) is 10.9 Å². The van der Waals surface area contributed by atoms with E-state index in [9.17, 15) is 9.90 Å². The highest BCUT2D eigenvalue weighted by atomic mass is 35.6. The smallest absolute Gasteiger partial charge is 0.324 e. The molecule has 0 bridgehead atoms. The van der Waals surface area contributed by atoms with E-state index in [2.05, 4.69) is 4.98 Å². The van der Waals surface area contributed by atoms with Gasteiger partial charge in [0.2, 0.25) is 0 Å². The molecule has 0 amide bonds. The highest BCUT2D eigenvalue weighted by Gasteiger charge is 2.36. The number of carboxylic acid groups (broad SMARTS) is 1. The lowest BCUT2D eigenvalue weighted by molar-refractivity contribution is -0.148. The van der Waals surface area contributed by atoms with Crippen molar-refractivity contribution in [2.45, 2.75) is 18.9 Å². The third-order valence-corrected chi connectivity index (χ3v) is 3.66. The second kappa shape index (κ2) is 6.92. The van der Waals surface area contributed by atoms with Crippen molar-refractivity contribution in [2.24, 2.45) is 0 Å². The summed E-state index contributed by atoms with van der Waals surface area (Å²) in [7, 11) is 4.37. The van der Waals surface area contributed by atoms with Gasteiger partial charge in [-0.05, 0) is 32.6 Å². The second-order valence-electron chi connectivity index (χ2n) is 5.01. The van der Waals surface area contributed by atoms with Gasteiger partial charge in [0.25, 0.3) is 0 Å². The molecule has 0 radical (unpaired) electrons. The van der Waals surface area contributed by atoms with Crippen molar-refractivity contribution in [3.63, 3.8) is 0 Å². The largest absolute Gasteiger partial charge is 0.480 e. The highest BCUT2D eigenvalue weighted by molar-refractivity contribution is 6.80. The Morgan fingerprint density at radius 2 is 2.00 bits per heavy atom. The maximum Gasteiger partial charge on any atom is 0.324 e. The average Bonchev–Trinajstić information content (AvgIpc) is 2.84. The zero-order valence-electron chi connectivity index (χ0n) is 12.3. The first-order valence-corrected chi connectivity index (χ1v) is 9.31. The van der Waals surface area contributed by atoms with Gasteiger partial charge in [0.15, 0.2) is 0 Å². The predicted octanol–water partition coefficient (Wildman–Crippen LogP) is 1.62. The van der Waals surface area contributed by atoms with E-state index < -0.39 is 11.5 Å². The van der Waals surface area contributed by atoms with E-state index in [4.69, 9.17) is 11.1 Å². The molecule has 1 unspecified atom stereocenters. The Morgan fingerprint density at radius 1 is 1.40 bits per heavy atom. The predicted molar refractivity (Wildman–Crippen MR) is 87.5 cm³/mol. The molecular weight excluding hydrogens is 292 g/mol. The molecule has 1 aromatic carbocycles. The first kappa shape index (κ1) is 16.8. The van der Waals surface area contributed by atoms with Gasteiger partial charge < -0.3 is 10.1 Å². The summed E-state index contributed by atoms with van der Waals surface area (Å²) < 4.78 is 0. The van der Waals surface area contributed by atoms with E-state index in [-0.39, 0.29) is 0 Å². The average molecular weight is 313 g/mol. The summed E-state index contributed by atoms with van der Waals surface area (Å²) in [6.07, 6.45) is 2.37. The molecule has 4 nitrogen and oxygen atoms in total. The molecule has 0 saturated carbocycles. The van der Waals surface area contributed by atoms with Crippen molar-refractivity contribution in [1.82, 2.24) is 9.88 Å². The summed E-state index contributed by atoms with van der Waals surface area (Å²) in [6, 6.07) is 7.93. The number of benzene rings is 1. The fraction of sp³-hybridized carbons (Fsp3) is 0.357. The van der Waals surface area contributed by atoms with Crippen LogP contribution in [-0.2, 0) is 11.2 Å². The molecule has 2 rings (SSSR count). The lowest BCUT2D eigenvalue weighted by atomic mass is 9.91. The minimum absolute atomic E-state index is 0.472. The van der Waals surface area contributed by atoms with Gasteiger partial charge in [-0.1, -0.05) is 18.2 Å². The standard InChI is InChI=1S/C14H18N2O2.ClH3Si/c1-14(13(17)18,16(2)3)8-10-9-15-12-7-5-4-6-11(10)12;1-2/h4-7,9,15H,8H2,1-3H3,(H,17,18);2H3. The summed E-state index contributed by atoms with van der Waals surface area (Å²) >= 11 is 4.78. The number of aromatic amines is 1. The van der Waals surface area contributed by atoms with Gasteiger partial charge in [-0.2, -0.15) is 11.1 Å². The topological polar surface area (TPSA) is 56.3 Å². The van der Waals surface area contributed by atoms with Crippen LogP contribution in [0.15, 0.2) is 30.5 Å². The van der Waals surface area contributed by atoms with E-state index in [1.54, 1.807) is 25.9 Å². The Hall–Kier alpha value is -1.30. The molecule has 0 spiro atoms. The lowest BCUT2D eigenvalue weighted by Crippen LogP contribution is -2.50. The van der Waals surface area contributed by atoms with Crippen molar-refractivity contribution >= 4 is 37.5 Å². The molecule has 1 aromatic heterocycles. The molecule has 0 aliphatic rings. The number of para-hydroxylation sites is 1. The van der Waals surface area contributed by atoms with Crippen LogP contribution >= 0.6 is 11.1 Å². The Kier molecular flexibility index (Phi) is 5.80. The van der Waals surface area contributed by atoms with Crippen LogP contribution < -0.4 is 0 Å². The number of nitrogens with one attached hydrogen (secondary N) is 1. The molecule has 20 heavy (non-hydrogen) atoms. The molecule has 0 aliphatic carbocycles.